The molecule has 2 aromatic carbocycles. The summed E-state index contributed by atoms with van der Waals surface area (Å²) in [5.41, 5.74) is 1.76. The zero-order valence-electron chi connectivity index (χ0n) is 14.7. The topological polar surface area (TPSA) is 66.9 Å². The maximum absolute atomic E-state index is 12.7. The Morgan fingerprint density at radius 1 is 1.37 bits per heavy atom. The van der Waals surface area contributed by atoms with Gasteiger partial charge in [0.05, 0.1) is 16.9 Å². The molecule has 27 heavy (non-hydrogen) atoms. The van der Waals surface area contributed by atoms with Crippen LogP contribution in [0.3, 0.4) is 0 Å². The van der Waals surface area contributed by atoms with Crippen LogP contribution in [0.4, 0.5) is 0 Å². The van der Waals surface area contributed by atoms with Gasteiger partial charge in [0.1, 0.15) is 0 Å². The summed E-state index contributed by atoms with van der Waals surface area (Å²) < 4.78 is 2.66. The number of allylic oxidation sites excluding steroid dienone is 1. The van der Waals surface area contributed by atoms with Gasteiger partial charge in [-0.15, -0.1) is 6.58 Å². The summed E-state index contributed by atoms with van der Waals surface area (Å²) in [5, 5.41) is 3.45. The van der Waals surface area contributed by atoms with Crippen LogP contribution in [0.15, 0.2) is 64.4 Å². The highest BCUT2D eigenvalue weighted by Crippen LogP contribution is 2.23. The van der Waals surface area contributed by atoms with Crippen LogP contribution < -0.4 is 10.9 Å². The maximum Gasteiger partial charge on any atom is 0.262 e. The van der Waals surface area contributed by atoms with Crippen LogP contribution in [0.25, 0.3) is 10.9 Å². The van der Waals surface area contributed by atoms with Gasteiger partial charge in [-0.25, -0.2) is 0 Å². The SMILES string of the molecule is C=CCn1c(=S)[nH]c2cc(C(=O)NC(C)c3ccccc3Br)ccc2c1=O. The number of H-pyrrole nitrogens is 1. The zero-order chi connectivity index (χ0) is 19.6. The number of hydrogen-bond acceptors (Lipinski definition) is 3. The fraction of sp³-hybridized carbons (Fsp3) is 0.150. The smallest absolute Gasteiger partial charge is 0.262 e. The minimum absolute atomic E-state index is 0.178. The van der Waals surface area contributed by atoms with E-state index in [4.69, 9.17) is 12.2 Å². The number of benzene rings is 2. The van der Waals surface area contributed by atoms with E-state index < -0.39 is 0 Å². The molecular weight excluding hydrogens is 426 g/mol. The first kappa shape index (κ1) is 19.3. The lowest BCUT2D eigenvalue weighted by molar-refractivity contribution is 0.0940. The number of carbonyl (C=O) groups excluding carboxylic acids is 1. The zero-order valence-corrected chi connectivity index (χ0v) is 17.1. The van der Waals surface area contributed by atoms with Gasteiger partial charge >= 0.3 is 0 Å². The summed E-state index contributed by atoms with van der Waals surface area (Å²) in [6.07, 6.45) is 1.61. The molecule has 5 nitrogen and oxygen atoms in total. The molecule has 1 amide bonds. The van der Waals surface area contributed by atoms with E-state index in [-0.39, 0.29) is 17.5 Å². The van der Waals surface area contributed by atoms with Crippen molar-refractivity contribution in [1.29, 1.82) is 0 Å². The Bertz CT molecular complexity index is 1150. The average Bonchev–Trinajstić information content (AvgIpc) is 2.65. The van der Waals surface area contributed by atoms with Crippen molar-refractivity contribution in [1.82, 2.24) is 14.9 Å². The number of fused-ring (bicyclic) bond motifs is 1. The van der Waals surface area contributed by atoms with Crippen molar-refractivity contribution in [3.8, 4) is 0 Å². The Kier molecular flexibility index (Phi) is 5.72. The van der Waals surface area contributed by atoms with E-state index in [9.17, 15) is 9.59 Å². The third kappa shape index (κ3) is 3.94. The van der Waals surface area contributed by atoms with E-state index in [1.165, 1.54) is 4.57 Å². The second-order valence-corrected chi connectivity index (χ2v) is 7.35. The van der Waals surface area contributed by atoms with E-state index in [0.717, 1.165) is 10.0 Å². The van der Waals surface area contributed by atoms with E-state index >= 15 is 0 Å². The summed E-state index contributed by atoms with van der Waals surface area (Å²) in [6.45, 7) is 5.88. The third-order valence-electron chi connectivity index (χ3n) is 4.28. The number of aromatic amines is 1. The Labute approximate surface area is 169 Å². The molecule has 0 spiro atoms. The molecule has 0 aliphatic heterocycles. The van der Waals surface area contributed by atoms with Gasteiger partial charge < -0.3 is 10.3 Å². The summed E-state index contributed by atoms with van der Waals surface area (Å²) in [5.74, 6) is -0.227. The number of aromatic nitrogens is 2. The molecule has 0 aliphatic carbocycles. The largest absolute Gasteiger partial charge is 0.345 e. The highest BCUT2D eigenvalue weighted by molar-refractivity contribution is 9.10. The molecule has 0 saturated heterocycles. The molecule has 0 fully saturated rings. The molecule has 1 unspecified atom stereocenters. The lowest BCUT2D eigenvalue weighted by Crippen LogP contribution is -2.27. The summed E-state index contributed by atoms with van der Waals surface area (Å²) in [6, 6.07) is 12.5. The molecule has 138 valence electrons. The van der Waals surface area contributed by atoms with Crippen molar-refractivity contribution in [3.05, 3.63) is 85.8 Å². The van der Waals surface area contributed by atoms with Crippen molar-refractivity contribution >= 4 is 45.0 Å². The quantitative estimate of drug-likeness (QED) is 0.450. The van der Waals surface area contributed by atoms with Crippen molar-refractivity contribution < 1.29 is 4.79 Å². The molecule has 1 atom stereocenters. The van der Waals surface area contributed by atoms with Crippen LogP contribution in [0.5, 0.6) is 0 Å². The minimum atomic E-state index is -0.227. The number of halogens is 1. The Morgan fingerprint density at radius 2 is 2.11 bits per heavy atom. The minimum Gasteiger partial charge on any atom is -0.345 e. The molecule has 3 aromatic rings. The first-order chi connectivity index (χ1) is 12.9. The molecule has 7 heteroatoms. The number of carbonyl (C=O) groups is 1. The van der Waals surface area contributed by atoms with Crippen LogP contribution in [-0.4, -0.2) is 15.5 Å². The van der Waals surface area contributed by atoms with Gasteiger partial charge in [0.15, 0.2) is 4.77 Å². The molecule has 1 heterocycles. The molecule has 1 aromatic heterocycles. The Morgan fingerprint density at radius 3 is 2.81 bits per heavy atom. The van der Waals surface area contributed by atoms with Gasteiger partial charge in [0.2, 0.25) is 0 Å². The molecule has 3 rings (SSSR count). The molecule has 0 bridgehead atoms. The van der Waals surface area contributed by atoms with Crippen molar-refractivity contribution in [2.45, 2.75) is 19.5 Å². The van der Waals surface area contributed by atoms with Gasteiger partial charge in [-0.1, -0.05) is 40.2 Å². The first-order valence-corrected chi connectivity index (χ1v) is 9.55. The lowest BCUT2D eigenvalue weighted by Gasteiger charge is -2.16. The van der Waals surface area contributed by atoms with Crippen molar-refractivity contribution in [2.75, 3.05) is 0 Å². The molecule has 0 saturated carbocycles. The average molecular weight is 444 g/mol. The maximum atomic E-state index is 12.7. The predicted molar refractivity (Wildman–Crippen MR) is 114 cm³/mol. The van der Waals surface area contributed by atoms with Gasteiger partial charge in [0, 0.05) is 16.6 Å². The van der Waals surface area contributed by atoms with Gasteiger partial charge in [-0.2, -0.15) is 0 Å². The molecule has 0 aliphatic rings. The summed E-state index contributed by atoms with van der Waals surface area (Å²) in [7, 11) is 0. The van der Waals surface area contributed by atoms with Crippen LogP contribution in [-0.2, 0) is 6.54 Å². The number of rotatable bonds is 5. The normalized spacial score (nSPS) is 11.9. The molecule has 2 N–H and O–H groups in total. The van der Waals surface area contributed by atoms with Crippen LogP contribution in [0, 0.1) is 4.77 Å². The van der Waals surface area contributed by atoms with E-state index in [1.807, 2.05) is 31.2 Å². The summed E-state index contributed by atoms with van der Waals surface area (Å²) >= 11 is 8.74. The van der Waals surface area contributed by atoms with Gasteiger partial charge in [0.25, 0.3) is 11.5 Å². The second kappa shape index (κ2) is 8.02. The summed E-state index contributed by atoms with van der Waals surface area (Å²) in [4.78, 5) is 28.2. The molecular formula is C20H18BrN3O2S. The van der Waals surface area contributed by atoms with Crippen LogP contribution >= 0.6 is 28.1 Å². The van der Waals surface area contributed by atoms with Crippen LogP contribution in [0.2, 0.25) is 0 Å². The number of hydrogen-bond donors (Lipinski definition) is 2. The van der Waals surface area contributed by atoms with Crippen LogP contribution in [0.1, 0.15) is 28.9 Å². The van der Waals surface area contributed by atoms with Gasteiger partial charge in [-0.05, 0) is 49.0 Å². The van der Waals surface area contributed by atoms with E-state index in [2.05, 4.69) is 32.8 Å². The standard InChI is InChI=1S/C20H18BrN3O2S/c1-3-10-24-19(26)15-9-8-13(11-17(15)23-20(24)27)18(25)22-12(2)14-6-4-5-7-16(14)21/h3-9,11-12H,1,10H2,2H3,(H,22,25)(H,23,27). The number of amides is 1. The van der Waals surface area contributed by atoms with Crippen molar-refractivity contribution in [3.63, 3.8) is 0 Å². The van der Waals surface area contributed by atoms with E-state index in [1.54, 1.807) is 24.3 Å². The fourth-order valence-corrected chi connectivity index (χ4v) is 3.77. The van der Waals surface area contributed by atoms with Crippen molar-refractivity contribution in [2.24, 2.45) is 0 Å². The fourth-order valence-electron chi connectivity index (χ4n) is 2.87. The first-order valence-electron chi connectivity index (χ1n) is 8.35. The number of nitrogens with one attached hydrogen (secondary N) is 2. The highest BCUT2D eigenvalue weighted by atomic mass is 79.9. The predicted octanol–water partition coefficient (Wildman–Crippen LogP) is 4.50. The third-order valence-corrected chi connectivity index (χ3v) is 5.32. The highest BCUT2D eigenvalue weighted by Gasteiger charge is 2.15. The Hall–Kier alpha value is -2.51. The second-order valence-electron chi connectivity index (χ2n) is 6.11. The lowest BCUT2D eigenvalue weighted by atomic mass is 10.1. The van der Waals surface area contributed by atoms with E-state index in [0.29, 0.717) is 27.8 Å². The van der Waals surface area contributed by atoms with Gasteiger partial charge in [-0.3, -0.25) is 14.2 Å². The number of nitrogens with zero attached hydrogens (tertiary/aromatic N) is 1. The Balaban J connectivity index is 1.93. The molecule has 0 radical (unpaired) electrons. The monoisotopic (exact) mass is 443 g/mol.